The fraction of sp³-hybridized carbons (Fsp3) is 0.579. The Hall–Kier alpha value is -1.31. The Labute approximate surface area is 168 Å². The van der Waals surface area contributed by atoms with Gasteiger partial charge in [0.2, 0.25) is 5.91 Å². The average molecular weight is 458 g/mol. The van der Waals surface area contributed by atoms with Crippen molar-refractivity contribution in [2.75, 3.05) is 12.4 Å². The van der Waals surface area contributed by atoms with E-state index in [1.54, 1.807) is 0 Å². The summed E-state index contributed by atoms with van der Waals surface area (Å²) < 4.78 is 0. The quantitative estimate of drug-likeness (QED) is 0.343. The number of nitrogens with one attached hydrogen (secondary N) is 3. The number of aliphatic imine (C=N–C) groups is 1. The summed E-state index contributed by atoms with van der Waals surface area (Å²) in [5.41, 5.74) is 2.01. The van der Waals surface area contributed by atoms with Crippen LogP contribution in [-0.2, 0) is 11.3 Å². The fourth-order valence-electron chi connectivity index (χ4n) is 2.98. The Morgan fingerprint density at radius 3 is 2.44 bits per heavy atom. The van der Waals surface area contributed by atoms with E-state index in [0.29, 0.717) is 12.5 Å². The molecule has 1 aliphatic rings. The van der Waals surface area contributed by atoms with E-state index < -0.39 is 0 Å². The molecule has 1 saturated carbocycles. The highest BCUT2D eigenvalue weighted by molar-refractivity contribution is 14.0. The summed E-state index contributed by atoms with van der Waals surface area (Å²) in [5, 5.41) is 9.78. The van der Waals surface area contributed by atoms with E-state index in [2.05, 4.69) is 20.9 Å². The van der Waals surface area contributed by atoms with Gasteiger partial charge in [0.15, 0.2) is 5.96 Å². The van der Waals surface area contributed by atoms with Crippen LogP contribution < -0.4 is 16.0 Å². The highest BCUT2D eigenvalue weighted by Gasteiger charge is 2.14. The molecule has 0 aromatic heterocycles. The van der Waals surface area contributed by atoms with Crippen LogP contribution in [0, 0.1) is 0 Å². The van der Waals surface area contributed by atoms with Crippen LogP contribution in [0.2, 0.25) is 0 Å². The Kier molecular flexibility index (Phi) is 10.5. The van der Waals surface area contributed by atoms with Gasteiger partial charge in [-0.1, -0.05) is 38.3 Å². The molecule has 1 fully saturated rings. The highest BCUT2D eigenvalue weighted by atomic mass is 127. The van der Waals surface area contributed by atoms with Gasteiger partial charge in [0.25, 0.3) is 0 Å². The zero-order chi connectivity index (χ0) is 17.2. The summed E-state index contributed by atoms with van der Waals surface area (Å²) in [7, 11) is 1.81. The van der Waals surface area contributed by atoms with Gasteiger partial charge in [0.1, 0.15) is 0 Å². The number of nitrogens with zero attached hydrogens (tertiary/aromatic N) is 1. The molecule has 3 N–H and O–H groups in total. The van der Waals surface area contributed by atoms with Crippen molar-refractivity contribution in [3.8, 4) is 0 Å². The summed E-state index contributed by atoms with van der Waals surface area (Å²) in [6.45, 7) is 2.72. The second-order valence-corrected chi connectivity index (χ2v) is 6.40. The molecule has 0 spiro atoms. The fourth-order valence-corrected chi connectivity index (χ4v) is 2.98. The van der Waals surface area contributed by atoms with E-state index >= 15 is 0 Å². The topological polar surface area (TPSA) is 65.5 Å². The smallest absolute Gasteiger partial charge is 0.224 e. The molecule has 6 heteroatoms. The molecular formula is C19H31IN4O. The van der Waals surface area contributed by atoms with Crippen molar-refractivity contribution in [1.82, 2.24) is 10.6 Å². The Balaban J connectivity index is 0.00000312. The van der Waals surface area contributed by atoms with Crippen LogP contribution in [0.5, 0.6) is 0 Å². The van der Waals surface area contributed by atoms with Crippen molar-refractivity contribution in [2.45, 2.75) is 64.5 Å². The minimum atomic E-state index is 0. The van der Waals surface area contributed by atoms with E-state index in [0.717, 1.165) is 30.2 Å². The molecular weight excluding hydrogens is 427 g/mol. The molecule has 0 bridgehead atoms. The minimum Gasteiger partial charge on any atom is -0.354 e. The van der Waals surface area contributed by atoms with Crippen molar-refractivity contribution < 1.29 is 4.79 Å². The number of rotatable bonds is 6. The van der Waals surface area contributed by atoms with Gasteiger partial charge in [-0.3, -0.25) is 9.79 Å². The molecule has 0 heterocycles. The lowest BCUT2D eigenvalue weighted by atomic mass is 9.96. The number of amides is 1. The molecule has 25 heavy (non-hydrogen) atoms. The molecule has 140 valence electrons. The van der Waals surface area contributed by atoms with Crippen molar-refractivity contribution in [3.05, 3.63) is 29.8 Å². The van der Waals surface area contributed by atoms with E-state index in [1.807, 2.05) is 38.2 Å². The third-order valence-electron chi connectivity index (χ3n) is 4.34. The zero-order valence-corrected chi connectivity index (χ0v) is 17.6. The van der Waals surface area contributed by atoms with E-state index in [-0.39, 0.29) is 29.9 Å². The van der Waals surface area contributed by atoms with Crippen LogP contribution in [-0.4, -0.2) is 25.0 Å². The summed E-state index contributed by atoms with van der Waals surface area (Å²) >= 11 is 0. The van der Waals surface area contributed by atoms with E-state index in [4.69, 9.17) is 0 Å². The van der Waals surface area contributed by atoms with E-state index in [9.17, 15) is 4.79 Å². The van der Waals surface area contributed by atoms with Gasteiger partial charge in [0.05, 0.1) is 0 Å². The first-order valence-electron chi connectivity index (χ1n) is 9.07. The van der Waals surface area contributed by atoms with Crippen molar-refractivity contribution >= 4 is 41.5 Å². The first-order chi connectivity index (χ1) is 11.7. The molecule has 1 aliphatic carbocycles. The normalized spacial score (nSPS) is 15.2. The van der Waals surface area contributed by atoms with Gasteiger partial charge < -0.3 is 16.0 Å². The van der Waals surface area contributed by atoms with Gasteiger partial charge in [-0.25, -0.2) is 0 Å². The second-order valence-electron chi connectivity index (χ2n) is 6.40. The summed E-state index contributed by atoms with van der Waals surface area (Å²) in [5.74, 6) is 0.933. The maximum absolute atomic E-state index is 11.6. The van der Waals surface area contributed by atoms with Crippen molar-refractivity contribution in [1.29, 1.82) is 0 Å². The molecule has 0 atom stereocenters. The van der Waals surface area contributed by atoms with Crippen LogP contribution >= 0.6 is 24.0 Å². The van der Waals surface area contributed by atoms with Crippen LogP contribution in [0.15, 0.2) is 29.3 Å². The average Bonchev–Trinajstić information content (AvgIpc) is 2.61. The third kappa shape index (κ3) is 8.07. The predicted molar refractivity (Wildman–Crippen MR) is 116 cm³/mol. The predicted octanol–water partition coefficient (Wildman–Crippen LogP) is 4.04. The number of guanidine groups is 1. The minimum absolute atomic E-state index is 0. The molecule has 0 aliphatic heterocycles. The van der Waals surface area contributed by atoms with Crippen LogP contribution in [0.3, 0.4) is 0 Å². The van der Waals surface area contributed by atoms with Gasteiger partial charge in [-0.05, 0) is 37.0 Å². The van der Waals surface area contributed by atoms with Gasteiger partial charge in [0, 0.05) is 31.7 Å². The Morgan fingerprint density at radius 2 is 1.84 bits per heavy atom. The number of carbonyl (C=O) groups is 1. The number of halogens is 1. The Morgan fingerprint density at radius 1 is 1.16 bits per heavy atom. The van der Waals surface area contributed by atoms with Gasteiger partial charge >= 0.3 is 0 Å². The molecule has 1 aromatic carbocycles. The molecule has 1 amide bonds. The number of hydrogen-bond acceptors (Lipinski definition) is 2. The van der Waals surface area contributed by atoms with Gasteiger partial charge in [-0.15, -0.1) is 24.0 Å². The number of hydrogen-bond donors (Lipinski definition) is 3. The molecule has 5 nitrogen and oxygen atoms in total. The monoisotopic (exact) mass is 458 g/mol. The second kappa shape index (κ2) is 12.1. The number of anilines is 1. The molecule has 2 rings (SSSR count). The lowest BCUT2D eigenvalue weighted by Gasteiger charge is -2.24. The molecule has 0 radical (unpaired) electrons. The lowest BCUT2D eigenvalue weighted by Crippen LogP contribution is -2.43. The summed E-state index contributed by atoms with van der Waals surface area (Å²) in [6.07, 6.45) is 7.85. The first-order valence-corrected chi connectivity index (χ1v) is 9.07. The van der Waals surface area contributed by atoms with Crippen molar-refractivity contribution in [3.63, 3.8) is 0 Å². The lowest BCUT2D eigenvalue weighted by molar-refractivity contribution is -0.116. The molecule has 1 aromatic rings. The van der Waals surface area contributed by atoms with Crippen molar-refractivity contribution in [2.24, 2.45) is 4.99 Å². The van der Waals surface area contributed by atoms with E-state index in [1.165, 1.54) is 32.1 Å². The van der Waals surface area contributed by atoms with Crippen LogP contribution in [0.4, 0.5) is 5.69 Å². The zero-order valence-electron chi connectivity index (χ0n) is 15.3. The van der Waals surface area contributed by atoms with Crippen LogP contribution in [0.25, 0.3) is 0 Å². The van der Waals surface area contributed by atoms with Crippen LogP contribution in [0.1, 0.15) is 57.4 Å². The summed E-state index contributed by atoms with van der Waals surface area (Å²) in [6, 6.07) is 8.50. The largest absolute Gasteiger partial charge is 0.354 e. The standard InChI is InChI=1S/C19H30N4O.HI/c1-3-7-18(24)22-17-12-10-15(11-13-17)14-21-19(20-2)23-16-8-5-4-6-9-16;/h10-13,16H,3-9,14H2,1-2H3,(H,22,24)(H2,20,21,23);1H. The first kappa shape index (κ1) is 21.7. The SMILES string of the molecule is CCCC(=O)Nc1ccc(CNC(=NC)NC2CCCCC2)cc1.I. The molecule has 0 unspecified atom stereocenters. The number of benzene rings is 1. The third-order valence-corrected chi connectivity index (χ3v) is 4.34. The van der Waals surface area contributed by atoms with Gasteiger partial charge in [-0.2, -0.15) is 0 Å². The highest BCUT2D eigenvalue weighted by Crippen LogP contribution is 2.17. The maximum atomic E-state index is 11.6. The number of carbonyl (C=O) groups excluding carboxylic acids is 1. The summed E-state index contributed by atoms with van der Waals surface area (Å²) in [4.78, 5) is 15.9. The maximum Gasteiger partial charge on any atom is 0.224 e. The molecule has 0 saturated heterocycles. The Bertz CT molecular complexity index is 539.